The van der Waals surface area contributed by atoms with Gasteiger partial charge in [-0.3, -0.25) is 4.57 Å². The first kappa shape index (κ1) is 17.1. The molecule has 5 heteroatoms. The van der Waals surface area contributed by atoms with Gasteiger partial charge < -0.3 is 14.1 Å². The van der Waals surface area contributed by atoms with Crippen molar-refractivity contribution in [2.45, 2.75) is 32.4 Å². The van der Waals surface area contributed by atoms with Crippen molar-refractivity contribution in [1.29, 1.82) is 0 Å². The zero-order valence-corrected chi connectivity index (χ0v) is 13.2. The van der Waals surface area contributed by atoms with Gasteiger partial charge in [-0.25, -0.2) is 0 Å². The van der Waals surface area contributed by atoms with Crippen molar-refractivity contribution in [1.82, 2.24) is 0 Å². The molecule has 0 fully saturated rings. The first-order chi connectivity index (χ1) is 7.49. The maximum absolute atomic E-state index is 11.9. The lowest BCUT2D eigenvalue weighted by Gasteiger charge is -2.38. The van der Waals surface area contributed by atoms with Crippen LogP contribution in [0.2, 0.25) is 0 Å². The van der Waals surface area contributed by atoms with E-state index in [0.717, 1.165) is 6.42 Å². The number of hydrogen-bond acceptors (Lipinski definition) is 3. The highest BCUT2D eigenvalue weighted by Gasteiger charge is 2.35. The number of aliphatic hydroxyl groups is 1. The van der Waals surface area contributed by atoms with Gasteiger partial charge in [0.25, 0.3) is 0 Å². The number of hydrogen-bond donors (Lipinski definition) is 1. The average molecular weight is 266 g/mol. The molecule has 0 heterocycles. The van der Waals surface area contributed by atoms with Gasteiger partial charge in [0.1, 0.15) is 12.1 Å². The van der Waals surface area contributed by atoms with Crippen molar-refractivity contribution in [2.24, 2.45) is 5.92 Å². The third-order valence-corrected chi connectivity index (χ3v) is 4.87. The third kappa shape index (κ3) is 6.56. The van der Waals surface area contributed by atoms with Crippen LogP contribution in [0.1, 0.15) is 20.3 Å². The van der Waals surface area contributed by atoms with Gasteiger partial charge in [0.05, 0.1) is 27.3 Å². The fraction of sp³-hybridized carbons (Fsp3) is 1.00. The molecule has 0 aliphatic heterocycles. The fourth-order valence-corrected chi connectivity index (χ4v) is 3.08. The van der Waals surface area contributed by atoms with Crippen molar-refractivity contribution in [2.75, 3.05) is 41.1 Å². The molecule has 1 unspecified atom stereocenters. The molecule has 0 aliphatic carbocycles. The molecule has 0 aromatic rings. The number of likely N-dealkylation sites (N-methyl/N-ethyl adjacent to an activating group) is 1. The van der Waals surface area contributed by atoms with Gasteiger partial charge in [-0.15, -0.1) is 0 Å². The molecule has 17 heavy (non-hydrogen) atoms. The van der Waals surface area contributed by atoms with Crippen molar-refractivity contribution in [3.8, 4) is 0 Å². The third-order valence-electron chi connectivity index (χ3n) is 3.06. The zero-order valence-electron chi connectivity index (χ0n) is 12.3. The molecular formula is C12H29NO3P+. The smallest absolute Gasteiger partial charge is 0.202 e. The number of nitrogens with zero attached hydrogens (tertiary/aromatic N) is 1. The van der Waals surface area contributed by atoms with E-state index < -0.39 is 13.5 Å². The Morgan fingerprint density at radius 1 is 1.29 bits per heavy atom. The van der Waals surface area contributed by atoms with Crippen LogP contribution in [0.5, 0.6) is 0 Å². The lowest BCUT2D eigenvalue weighted by Crippen LogP contribution is -2.53. The van der Waals surface area contributed by atoms with Crippen LogP contribution >= 0.6 is 7.37 Å². The minimum atomic E-state index is -2.66. The average Bonchev–Trinajstić information content (AvgIpc) is 2.11. The SMILES string of the molecule is COP(C)(=O)C[C@@H](O)[C@H](CC(C)C)[N+](C)(C)C. The molecule has 3 atom stereocenters. The molecule has 104 valence electrons. The molecule has 0 bridgehead atoms. The molecular weight excluding hydrogens is 237 g/mol. The Kier molecular flexibility index (Phi) is 6.37. The van der Waals surface area contributed by atoms with E-state index in [9.17, 15) is 9.67 Å². The highest BCUT2D eigenvalue weighted by atomic mass is 31.2. The summed E-state index contributed by atoms with van der Waals surface area (Å²) in [7, 11) is 4.96. The van der Waals surface area contributed by atoms with Crippen LogP contribution in [0.3, 0.4) is 0 Å². The molecule has 0 saturated heterocycles. The summed E-state index contributed by atoms with van der Waals surface area (Å²) >= 11 is 0. The van der Waals surface area contributed by atoms with Crippen LogP contribution in [0.25, 0.3) is 0 Å². The highest BCUT2D eigenvalue weighted by Crippen LogP contribution is 2.43. The van der Waals surface area contributed by atoms with Crippen molar-refractivity contribution < 1.29 is 18.7 Å². The molecule has 0 aromatic carbocycles. The first-order valence-corrected chi connectivity index (χ1v) is 8.36. The zero-order chi connectivity index (χ0) is 13.9. The van der Waals surface area contributed by atoms with Crippen LogP contribution in [0.4, 0.5) is 0 Å². The quantitative estimate of drug-likeness (QED) is 0.566. The van der Waals surface area contributed by atoms with E-state index in [-0.39, 0.29) is 12.2 Å². The Balaban J connectivity index is 4.77. The lowest BCUT2D eigenvalue weighted by molar-refractivity contribution is -0.900. The summed E-state index contributed by atoms with van der Waals surface area (Å²) in [6.45, 7) is 5.85. The second-order valence-corrected chi connectivity index (χ2v) is 9.02. The second kappa shape index (κ2) is 6.33. The Morgan fingerprint density at radius 2 is 1.76 bits per heavy atom. The van der Waals surface area contributed by atoms with Crippen LogP contribution in [-0.4, -0.2) is 62.8 Å². The minimum absolute atomic E-state index is 0.0819. The van der Waals surface area contributed by atoms with E-state index in [1.165, 1.54) is 7.11 Å². The van der Waals surface area contributed by atoms with Crippen molar-refractivity contribution in [3.63, 3.8) is 0 Å². The highest BCUT2D eigenvalue weighted by molar-refractivity contribution is 7.58. The molecule has 0 radical (unpaired) electrons. The Labute approximate surface area is 106 Å². The summed E-state index contributed by atoms with van der Waals surface area (Å²) < 4.78 is 17.6. The molecule has 4 nitrogen and oxygen atoms in total. The van der Waals surface area contributed by atoms with Crippen LogP contribution in [0.15, 0.2) is 0 Å². The normalized spacial score (nSPS) is 20.1. The minimum Gasteiger partial charge on any atom is -0.386 e. The predicted molar refractivity (Wildman–Crippen MR) is 72.7 cm³/mol. The molecule has 0 amide bonds. The van der Waals surface area contributed by atoms with Gasteiger partial charge in [0.15, 0.2) is 0 Å². The second-order valence-electron chi connectivity index (χ2n) is 6.26. The van der Waals surface area contributed by atoms with Crippen molar-refractivity contribution >= 4 is 7.37 Å². The monoisotopic (exact) mass is 266 g/mol. The Hall–Kier alpha value is 0.110. The van der Waals surface area contributed by atoms with E-state index in [1.807, 2.05) is 0 Å². The van der Waals surface area contributed by atoms with Gasteiger partial charge in [0, 0.05) is 20.2 Å². The van der Waals surface area contributed by atoms with Gasteiger partial charge >= 0.3 is 0 Å². The van der Waals surface area contributed by atoms with E-state index in [0.29, 0.717) is 10.4 Å². The van der Waals surface area contributed by atoms with Gasteiger partial charge in [0.2, 0.25) is 7.37 Å². The van der Waals surface area contributed by atoms with Crippen LogP contribution < -0.4 is 0 Å². The van der Waals surface area contributed by atoms with Gasteiger partial charge in [-0.1, -0.05) is 13.8 Å². The maximum Gasteiger partial charge on any atom is 0.202 e. The Bertz CT molecular complexity index is 273. The number of aliphatic hydroxyl groups excluding tert-OH is 1. The lowest BCUT2D eigenvalue weighted by atomic mass is 9.97. The summed E-state index contributed by atoms with van der Waals surface area (Å²) in [5.74, 6) is 0.505. The number of quaternary nitrogens is 1. The summed E-state index contributed by atoms with van der Waals surface area (Å²) in [6.07, 6.45) is 0.554. The van der Waals surface area contributed by atoms with Crippen molar-refractivity contribution in [3.05, 3.63) is 0 Å². The predicted octanol–water partition coefficient (Wildman–Crippen LogP) is 2.02. The molecule has 0 aromatic heterocycles. The van der Waals surface area contributed by atoms with E-state index in [4.69, 9.17) is 4.52 Å². The topological polar surface area (TPSA) is 46.5 Å². The summed E-state index contributed by atoms with van der Waals surface area (Å²) in [6, 6.07) is 0.0819. The first-order valence-electron chi connectivity index (χ1n) is 6.11. The van der Waals surface area contributed by atoms with Gasteiger partial charge in [-0.05, 0) is 5.92 Å². The number of rotatable bonds is 7. The molecule has 0 aliphatic rings. The van der Waals surface area contributed by atoms with Crippen LogP contribution in [-0.2, 0) is 9.09 Å². The van der Waals surface area contributed by atoms with Gasteiger partial charge in [-0.2, -0.15) is 0 Å². The molecule has 0 rings (SSSR count). The molecule has 0 spiro atoms. The van der Waals surface area contributed by atoms with E-state index in [1.54, 1.807) is 6.66 Å². The van der Waals surface area contributed by atoms with E-state index >= 15 is 0 Å². The standard InChI is InChI=1S/C12H29NO3P/c1-10(2)8-11(13(3,4)5)12(14)9-17(7,15)16-6/h10-12,14H,8-9H2,1-7H3/q+1/t11-,12+,17?/m0/s1. The summed E-state index contributed by atoms with van der Waals surface area (Å²) in [5.41, 5.74) is 0. The summed E-state index contributed by atoms with van der Waals surface area (Å²) in [4.78, 5) is 0. The largest absolute Gasteiger partial charge is 0.386 e. The maximum atomic E-state index is 11.9. The molecule has 1 N–H and O–H groups in total. The molecule has 0 saturated carbocycles. The Morgan fingerprint density at radius 3 is 2.06 bits per heavy atom. The van der Waals surface area contributed by atoms with E-state index in [2.05, 4.69) is 35.0 Å². The summed E-state index contributed by atoms with van der Waals surface area (Å²) in [5, 5.41) is 10.3. The fourth-order valence-electron chi connectivity index (χ4n) is 2.01. The van der Waals surface area contributed by atoms with Crippen LogP contribution in [0, 0.1) is 5.92 Å².